The molecular weight excluding hydrogens is 228 g/mol. The molecule has 1 aromatic carbocycles. The maximum absolute atomic E-state index is 11.5. The number of carbonyl (C=O) groups is 1. The van der Waals surface area contributed by atoms with Crippen molar-refractivity contribution in [3.05, 3.63) is 30.1 Å². The number of aryl methyl sites for hydroxylation is 1. The highest BCUT2D eigenvalue weighted by atomic mass is 16.1. The van der Waals surface area contributed by atoms with Crippen LogP contribution in [0, 0.1) is 0 Å². The molecule has 0 bridgehead atoms. The van der Waals surface area contributed by atoms with Gasteiger partial charge in [0.15, 0.2) is 0 Å². The van der Waals surface area contributed by atoms with Crippen molar-refractivity contribution in [3.8, 4) is 0 Å². The molecule has 2 rings (SSSR count). The van der Waals surface area contributed by atoms with Gasteiger partial charge in [0.25, 0.3) is 0 Å². The molecule has 0 spiro atoms. The van der Waals surface area contributed by atoms with Gasteiger partial charge in [-0.1, -0.05) is 12.1 Å². The number of nitrogens with one attached hydrogen (secondary N) is 1. The third-order valence-electron chi connectivity index (χ3n) is 2.93. The van der Waals surface area contributed by atoms with Crippen LogP contribution in [-0.4, -0.2) is 22.0 Å². The Labute approximate surface area is 106 Å². The average molecular weight is 246 g/mol. The molecule has 0 aliphatic carbocycles. The third kappa shape index (κ3) is 2.68. The number of fused-ring (bicyclic) bond motifs is 1. The molecule has 0 aliphatic heterocycles. The van der Waals surface area contributed by atoms with E-state index in [1.807, 2.05) is 35.9 Å². The second kappa shape index (κ2) is 5.64. The Morgan fingerprint density at radius 1 is 1.44 bits per heavy atom. The fourth-order valence-electron chi connectivity index (χ4n) is 1.88. The molecule has 0 radical (unpaired) electrons. The van der Waals surface area contributed by atoms with Crippen LogP contribution >= 0.6 is 0 Å². The number of para-hydroxylation sites is 2. The van der Waals surface area contributed by atoms with Gasteiger partial charge in [-0.05, 0) is 25.1 Å². The molecule has 3 N–H and O–H groups in total. The summed E-state index contributed by atoms with van der Waals surface area (Å²) in [5.74, 6) is 0.879. The summed E-state index contributed by atoms with van der Waals surface area (Å²) >= 11 is 0. The van der Waals surface area contributed by atoms with Crippen molar-refractivity contribution in [2.24, 2.45) is 12.8 Å². The van der Waals surface area contributed by atoms with Crippen LogP contribution in [0.15, 0.2) is 24.3 Å². The lowest BCUT2D eigenvalue weighted by atomic mass is 10.3. The first-order valence-electron chi connectivity index (χ1n) is 6.09. The van der Waals surface area contributed by atoms with E-state index < -0.39 is 0 Å². The standard InChI is InChI=1S/C13H18N4O/c1-17-11-6-3-2-5-10(11)16-12(17)9-15-13(18)7-4-8-14/h2-3,5-6H,4,7-9,14H2,1H3,(H,15,18). The molecule has 5 nitrogen and oxygen atoms in total. The highest BCUT2D eigenvalue weighted by molar-refractivity contribution is 5.77. The van der Waals surface area contributed by atoms with Crippen molar-refractivity contribution in [3.63, 3.8) is 0 Å². The number of nitrogens with two attached hydrogens (primary N) is 1. The van der Waals surface area contributed by atoms with E-state index in [-0.39, 0.29) is 5.91 Å². The summed E-state index contributed by atoms with van der Waals surface area (Å²) in [6.45, 7) is 0.994. The highest BCUT2D eigenvalue weighted by Gasteiger charge is 2.08. The van der Waals surface area contributed by atoms with E-state index in [0.717, 1.165) is 16.9 Å². The van der Waals surface area contributed by atoms with E-state index in [0.29, 0.717) is 25.9 Å². The van der Waals surface area contributed by atoms with Crippen LogP contribution in [0.5, 0.6) is 0 Å². The Hall–Kier alpha value is -1.88. The van der Waals surface area contributed by atoms with Crippen molar-refractivity contribution in [2.45, 2.75) is 19.4 Å². The van der Waals surface area contributed by atoms with Crippen molar-refractivity contribution < 1.29 is 4.79 Å². The number of carbonyl (C=O) groups excluding carboxylic acids is 1. The molecule has 5 heteroatoms. The maximum atomic E-state index is 11.5. The number of rotatable bonds is 5. The zero-order chi connectivity index (χ0) is 13.0. The Morgan fingerprint density at radius 3 is 2.94 bits per heavy atom. The third-order valence-corrected chi connectivity index (χ3v) is 2.93. The number of imidazole rings is 1. The van der Waals surface area contributed by atoms with Gasteiger partial charge in [-0.3, -0.25) is 4.79 Å². The lowest BCUT2D eigenvalue weighted by molar-refractivity contribution is -0.121. The topological polar surface area (TPSA) is 72.9 Å². The van der Waals surface area contributed by atoms with E-state index in [1.165, 1.54) is 0 Å². The van der Waals surface area contributed by atoms with Crippen molar-refractivity contribution in [1.82, 2.24) is 14.9 Å². The number of aromatic nitrogens is 2. The minimum absolute atomic E-state index is 0.0208. The Kier molecular flexibility index (Phi) is 3.94. The second-order valence-corrected chi connectivity index (χ2v) is 4.24. The lowest BCUT2D eigenvalue weighted by Crippen LogP contribution is -2.24. The van der Waals surface area contributed by atoms with Crippen LogP contribution < -0.4 is 11.1 Å². The van der Waals surface area contributed by atoms with Crippen LogP contribution in [0.4, 0.5) is 0 Å². The van der Waals surface area contributed by atoms with Gasteiger partial charge < -0.3 is 15.6 Å². The molecule has 1 aromatic heterocycles. The molecule has 2 aromatic rings. The normalized spacial score (nSPS) is 10.8. The van der Waals surface area contributed by atoms with Crippen LogP contribution in [0.25, 0.3) is 11.0 Å². The van der Waals surface area contributed by atoms with Gasteiger partial charge in [-0.2, -0.15) is 0 Å². The summed E-state index contributed by atoms with van der Waals surface area (Å²) in [6, 6.07) is 7.92. The van der Waals surface area contributed by atoms with Crippen LogP contribution in [0.1, 0.15) is 18.7 Å². The average Bonchev–Trinajstić information content (AvgIpc) is 2.71. The number of nitrogens with zero attached hydrogens (tertiary/aromatic N) is 2. The Balaban J connectivity index is 2.03. The Morgan fingerprint density at radius 2 is 2.22 bits per heavy atom. The lowest BCUT2D eigenvalue weighted by Gasteiger charge is -2.05. The zero-order valence-electron chi connectivity index (χ0n) is 10.5. The summed E-state index contributed by atoms with van der Waals surface area (Å²) in [6.07, 6.45) is 1.19. The smallest absolute Gasteiger partial charge is 0.220 e. The monoisotopic (exact) mass is 246 g/mol. The molecule has 0 unspecified atom stereocenters. The fraction of sp³-hybridized carbons (Fsp3) is 0.385. The van der Waals surface area contributed by atoms with Crippen LogP contribution in [0.2, 0.25) is 0 Å². The van der Waals surface area contributed by atoms with Gasteiger partial charge in [-0.15, -0.1) is 0 Å². The summed E-state index contributed by atoms with van der Waals surface area (Å²) in [5, 5.41) is 2.86. The van der Waals surface area contributed by atoms with Gasteiger partial charge in [0.05, 0.1) is 17.6 Å². The maximum Gasteiger partial charge on any atom is 0.220 e. The highest BCUT2D eigenvalue weighted by Crippen LogP contribution is 2.13. The van der Waals surface area contributed by atoms with E-state index in [1.54, 1.807) is 0 Å². The van der Waals surface area contributed by atoms with Crippen LogP contribution in [-0.2, 0) is 18.4 Å². The second-order valence-electron chi connectivity index (χ2n) is 4.24. The number of hydrogen-bond donors (Lipinski definition) is 2. The SMILES string of the molecule is Cn1c(CNC(=O)CCCN)nc2ccccc21. The predicted octanol–water partition coefficient (Wildman–Crippen LogP) is 0.928. The predicted molar refractivity (Wildman–Crippen MR) is 70.8 cm³/mol. The first-order valence-corrected chi connectivity index (χ1v) is 6.09. The summed E-state index contributed by atoms with van der Waals surface area (Å²) in [4.78, 5) is 16.0. The fourth-order valence-corrected chi connectivity index (χ4v) is 1.88. The quantitative estimate of drug-likeness (QED) is 0.824. The zero-order valence-corrected chi connectivity index (χ0v) is 10.5. The first kappa shape index (κ1) is 12.6. The van der Waals surface area contributed by atoms with Crippen molar-refractivity contribution in [1.29, 1.82) is 0 Å². The Bertz CT molecular complexity index is 547. The molecule has 0 saturated carbocycles. The largest absolute Gasteiger partial charge is 0.349 e. The first-order chi connectivity index (χ1) is 8.72. The number of benzene rings is 1. The summed E-state index contributed by atoms with van der Waals surface area (Å²) in [7, 11) is 1.96. The molecule has 0 atom stereocenters. The van der Waals surface area contributed by atoms with E-state index in [4.69, 9.17) is 5.73 Å². The molecule has 1 heterocycles. The van der Waals surface area contributed by atoms with Crippen LogP contribution in [0.3, 0.4) is 0 Å². The minimum atomic E-state index is 0.0208. The van der Waals surface area contributed by atoms with E-state index in [2.05, 4.69) is 10.3 Å². The van der Waals surface area contributed by atoms with Crippen molar-refractivity contribution >= 4 is 16.9 Å². The summed E-state index contributed by atoms with van der Waals surface area (Å²) in [5.41, 5.74) is 7.39. The molecular formula is C13H18N4O. The van der Waals surface area contributed by atoms with E-state index in [9.17, 15) is 4.79 Å². The molecule has 0 saturated heterocycles. The number of hydrogen-bond acceptors (Lipinski definition) is 3. The van der Waals surface area contributed by atoms with Gasteiger partial charge in [0.1, 0.15) is 5.82 Å². The van der Waals surface area contributed by atoms with Gasteiger partial charge >= 0.3 is 0 Å². The molecule has 18 heavy (non-hydrogen) atoms. The van der Waals surface area contributed by atoms with Crippen molar-refractivity contribution in [2.75, 3.05) is 6.54 Å². The van der Waals surface area contributed by atoms with Gasteiger partial charge in [0, 0.05) is 13.5 Å². The molecule has 96 valence electrons. The summed E-state index contributed by atoms with van der Waals surface area (Å²) < 4.78 is 2.00. The van der Waals surface area contributed by atoms with E-state index >= 15 is 0 Å². The molecule has 0 aliphatic rings. The molecule has 0 fully saturated rings. The van der Waals surface area contributed by atoms with Gasteiger partial charge in [-0.25, -0.2) is 4.98 Å². The molecule has 1 amide bonds. The van der Waals surface area contributed by atoms with Gasteiger partial charge in [0.2, 0.25) is 5.91 Å². The minimum Gasteiger partial charge on any atom is -0.349 e. The number of amides is 1.